The van der Waals surface area contributed by atoms with Crippen molar-refractivity contribution >= 4 is 23.8 Å². The predicted octanol–water partition coefficient (Wildman–Crippen LogP) is 2.66. The van der Waals surface area contributed by atoms with E-state index in [1.807, 2.05) is 4.90 Å². The lowest BCUT2D eigenvalue weighted by Crippen LogP contribution is -2.49. The number of likely N-dealkylation sites (N-methyl/N-ethyl adjacent to an activating group) is 1. The smallest absolute Gasteiger partial charge is 0.327 e. The number of methoxy groups -OCH3 is 1. The van der Waals surface area contributed by atoms with Crippen LogP contribution in [0, 0.1) is 17.8 Å². The number of imide groups is 1. The molecule has 0 bridgehead atoms. The van der Waals surface area contributed by atoms with Gasteiger partial charge in [0.2, 0.25) is 5.91 Å². The van der Waals surface area contributed by atoms with Gasteiger partial charge in [-0.3, -0.25) is 19.3 Å². The van der Waals surface area contributed by atoms with Crippen molar-refractivity contribution in [3.63, 3.8) is 0 Å². The van der Waals surface area contributed by atoms with Crippen LogP contribution >= 0.6 is 0 Å². The Morgan fingerprint density at radius 2 is 1.65 bits per heavy atom. The van der Waals surface area contributed by atoms with Crippen LogP contribution in [0.2, 0.25) is 0 Å². The summed E-state index contributed by atoms with van der Waals surface area (Å²) in [4.78, 5) is 56.6. The zero-order valence-corrected chi connectivity index (χ0v) is 19.4. The van der Waals surface area contributed by atoms with Crippen LogP contribution < -0.4 is 0 Å². The van der Waals surface area contributed by atoms with E-state index in [2.05, 4.69) is 0 Å². The fourth-order valence-electron chi connectivity index (χ4n) is 5.25. The van der Waals surface area contributed by atoms with Crippen molar-refractivity contribution in [2.75, 3.05) is 33.8 Å². The molecule has 174 valence electrons. The number of hydrogen-bond acceptors (Lipinski definition) is 5. The minimum Gasteiger partial charge on any atom is -0.469 e. The molecule has 0 aromatic carbocycles. The van der Waals surface area contributed by atoms with E-state index in [1.165, 1.54) is 12.0 Å². The number of esters is 1. The second-order valence-corrected chi connectivity index (χ2v) is 9.82. The molecule has 0 radical (unpaired) electrons. The Balaban J connectivity index is 1.88. The van der Waals surface area contributed by atoms with E-state index < -0.39 is 29.4 Å². The van der Waals surface area contributed by atoms with Gasteiger partial charge in [-0.1, -0.05) is 25.7 Å². The first-order valence-electron chi connectivity index (χ1n) is 11.6. The van der Waals surface area contributed by atoms with Crippen molar-refractivity contribution in [2.45, 2.75) is 70.8 Å². The van der Waals surface area contributed by atoms with Crippen molar-refractivity contribution in [2.24, 2.45) is 17.8 Å². The molecule has 2 heterocycles. The number of piperidine rings is 1. The molecule has 0 N–H and O–H groups in total. The quantitative estimate of drug-likeness (QED) is 0.453. The third kappa shape index (κ3) is 4.72. The Morgan fingerprint density at radius 3 is 2.16 bits per heavy atom. The van der Waals surface area contributed by atoms with Gasteiger partial charge in [-0.25, -0.2) is 4.79 Å². The number of amides is 4. The molecule has 1 aliphatic carbocycles. The van der Waals surface area contributed by atoms with Gasteiger partial charge in [0.15, 0.2) is 0 Å². The minimum absolute atomic E-state index is 0.0336. The van der Waals surface area contributed by atoms with Gasteiger partial charge in [0, 0.05) is 26.7 Å². The number of hydrogen-bond donors (Lipinski definition) is 0. The van der Waals surface area contributed by atoms with Gasteiger partial charge in [0.1, 0.15) is 5.54 Å². The number of ether oxygens (including phenoxy) is 1. The second-order valence-electron chi connectivity index (χ2n) is 9.82. The van der Waals surface area contributed by atoms with Gasteiger partial charge < -0.3 is 14.5 Å². The van der Waals surface area contributed by atoms with E-state index in [0.29, 0.717) is 25.4 Å². The normalized spacial score (nSPS) is 23.9. The number of urea groups is 1. The highest BCUT2D eigenvalue weighted by molar-refractivity contribution is 6.06. The van der Waals surface area contributed by atoms with Crippen LogP contribution in [0.5, 0.6) is 0 Å². The van der Waals surface area contributed by atoms with Crippen LogP contribution in [-0.4, -0.2) is 77.8 Å². The van der Waals surface area contributed by atoms with Crippen LogP contribution in [0.3, 0.4) is 0 Å². The first-order valence-corrected chi connectivity index (χ1v) is 11.6. The summed E-state index contributed by atoms with van der Waals surface area (Å²) in [6, 6.07) is -0.436. The van der Waals surface area contributed by atoms with Crippen molar-refractivity contribution in [3.05, 3.63) is 0 Å². The lowest BCUT2D eigenvalue weighted by molar-refractivity contribution is -0.155. The topological polar surface area (TPSA) is 87.2 Å². The molecule has 31 heavy (non-hydrogen) atoms. The molecule has 8 nitrogen and oxygen atoms in total. The molecular formula is C23H37N3O5. The lowest BCUT2D eigenvalue weighted by atomic mass is 9.81. The highest BCUT2D eigenvalue weighted by atomic mass is 16.5. The number of likely N-dealkylation sites (tertiary alicyclic amines) is 1. The van der Waals surface area contributed by atoms with Crippen molar-refractivity contribution in [3.8, 4) is 0 Å². The van der Waals surface area contributed by atoms with Gasteiger partial charge in [-0.05, 0) is 45.4 Å². The molecule has 4 amide bonds. The van der Waals surface area contributed by atoms with Gasteiger partial charge in [-0.15, -0.1) is 0 Å². The van der Waals surface area contributed by atoms with Gasteiger partial charge in [0.25, 0.3) is 5.91 Å². The highest BCUT2D eigenvalue weighted by Gasteiger charge is 2.51. The number of carbonyl (C=O) groups is 4. The maximum absolute atomic E-state index is 13.6. The summed E-state index contributed by atoms with van der Waals surface area (Å²) in [5.41, 5.74) is -0.977. The van der Waals surface area contributed by atoms with E-state index in [-0.39, 0.29) is 18.4 Å². The van der Waals surface area contributed by atoms with E-state index in [9.17, 15) is 19.2 Å². The van der Waals surface area contributed by atoms with Crippen molar-refractivity contribution in [1.82, 2.24) is 14.7 Å². The standard InChI is InChI=1S/C23H37N3O5/c1-23(2)21(29)26(22(30)24(23)3)15-18(20(28)31-4)17(14-16-10-6-7-11-16)19(27)25-12-8-5-9-13-25/h16-18H,5-15H2,1-4H3/t17-,18+/m1/s1. The fraction of sp³-hybridized carbons (Fsp3) is 0.826. The lowest BCUT2D eigenvalue weighted by Gasteiger charge is -2.35. The molecule has 2 atom stereocenters. The average molecular weight is 436 g/mol. The number of rotatable bonds is 7. The molecular weight excluding hydrogens is 398 g/mol. The van der Waals surface area contributed by atoms with Gasteiger partial charge in [0.05, 0.1) is 18.9 Å². The Labute approximate surface area is 185 Å². The molecule has 2 aliphatic heterocycles. The van der Waals surface area contributed by atoms with E-state index in [0.717, 1.165) is 49.8 Å². The zero-order chi connectivity index (χ0) is 22.8. The van der Waals surface area contributed by atoms with E-state index in [4.69, 9.17) is 4.74 Å². The van der Waals surface area contributed by atoms with Crippen LogP contribution in [0.1, 0.15) is 65.2 Å². The molecule has 0 unspecified atom stereocenters. The summed E-state index contributed by atoms with van der Waals surface area (Å²) in [6.45, 7) is 4.66. The largest absolute Gasteiger partial charge is 0.469 e. The molecule has 3 rings (SSSR count). The summed E-state index contributed by atoms with van der Waals surface area (Å²) < 4.78 is 5.08. The number of nitrogens with zero attached hydrogens (tertiary/aromatic N) is 3. The first-order chi connectivity index (χ1) is 14.7. The average Bonchev–Trinajstić information content (AvgIpc) is 3.34. The third-order valence-electron chi connectivity index (χ3n) is 7.54. The monoisotopic (exact) mass is 435 g/mol. The molecule has 0 aromatic rings. The summed E-state index contributed by atoms with van der Waals surface area (Å²) >= 11 is 0. The SMILES string of the molecule is COC(=O)[C@@H](CN1C(=O)N(C)C(C)(C)C1=O)[C@@H](CC1CCCC1)C(=O)N1CCCCC1. The Morgan fingerprint density at radius 1 is 1.03 bits per heavy atom. The minimum atomic E-state index is -0.977. The molecule has 0 aromatic heterocycles. The zero-order valence-electron chi connectivity index (χ0n) is 19.4. The second kappa shape index (κ2) is 9.57. The Bertz CT molecular complexity index is 710. The van der Waals surface area contributed by atoms with Crippen LogP contribution in [0.25, 0.3) is 0 Å². The Hall–Kier alpha value is -2.12. The summed E-state index contributed by atoms with van der Waals surface area (Å²) in [7, 11) is 2.89. The molecule has 2 saturated heterocycles. The Kier molecular flexibility index (Phi) is 7.27. The molecule has 3 fully saturated rings. The van der Waals surface area contributed by atoms with Crippen LogP contribution in [0.4, 0.5) is 4.79 Å². The number of carbonyl (C=O) groups excluding carboxylic acids is 4. The van der Waals surface area contributed by atoms with E-state index >= 15 is 0 Å². The van der Waals surface area contributed by atoms with E-state index in [1.54, 1.807) is 20.9 Å². The highest BCUT2D eigenvalue weighted by Crippen LogP contribution is 2.36. The maximum atomic E-state index is 13.6. The van der Waals surface area contributed by atoms with Gasteiger partial charge in [-0.2, -0.15) is 0 Å². The predicted molar refractivity (Wildman–Crippen MR) is 115 cm³/mol. The molecule has 3 aliphatic rings. The fourth-order valence-corrected chi connectivity index (χ4v) is 5.25. The van der Waals surface area contributed by atoms with Crippen molar-refractivity contribution in [1.29, 1.82) is 0 Å². The van der Waals surface area contributed by atoms with Gasteiger partial charge >= 0.3 is 12.0 Å². The summed E-state index contributed by atoms with van der Waals surface area (Å²) in [6.07, 6.45) is 8.02. The maximum Gasteiger partial charge on any atom is 0.327 e. The first kappa shape index (κ1) is 23.5. The third-order valence-corrected chi connectivity index (χ3v) is 7.54. The summed E-state index contributed by atoms with van der Waals surface area (Å²) in [5.74, 6) is -1.96. The van der Waals surface area contributed by atoms with Crippen LogP contribution in [0.15, 0.2) is 0 Å². The molecule has 0 spiro atoms. The molecule has 8 heteroatoms. The molecule has 1 saturated carbocycles. The summed E-state index contributed by atoms with van der Waals surface area (Å²) in [5, 5.41) is 0. The van der Waals surface area contributed by atoms with Crippen LogP contribution in [-0.2, 0) is 19.1 Å². The van der Waals surface area contributed by atoms with Crippen molar-refractivity contribution < 1.29 is 23.9 Å².